The lowest BCUT2D eigenvalue weighted by Crippen LogP contribution is -2.33. The minimum Gasteiger partial charge on any atom is -0.371 e. The van der Waals surface area contributed by atoms with E-state index in [-0.39, 0.29) is 5.91 Å². The number of hydrogen-bond donors (Lipinski definition) is 2. The molecule has 1 aliphatic rings. The summed E-state index contributed by atoms with van der Waals surface area (Å²) in [5, 5.41) is 2.84. The van der Waals surface area contributed by atoms with Crippen LogP contribution in [0.2, 0.25) is 0 Å². The Hall–Kier alpha value is -1.55. The van der Waals surface area contributed by atoms with Gasteiger partial charge in [0.15, 0.2) is 0 Å². The van der Waals surface area contributed by atoms with Gasteiger partial charge in [0, 0.05) is 24.5 Å². The van der Waals surface area contributed by atoms with Crippen molar-refractivity contribution in [2.75, 3.05) is 23.3 Å². The number of anilines is 2. The van der Waals surface area contributed by atoms with Crippen LogP contribution in [-0.2, 0) is 4.79 Å². The molecular formula is C15H23N3O. The van der Waals surface area contributed by atoms with Gasteiger partial charge in [0.05, 0.1) is 6.04 Å². The Kier molecular flexibility index (Phi) is 4.43. The monoisotopic (exact) mass is 261 g/mol. The van der Waals surface area contributed by atoms with Crippen molar-refractivity contribution in [3.63, 3.8) is 0 Å². The molecule has 3 N–H and O–H groups in total. The van der Waals surface area contributed by atoms with Gasteiger partial charge in [0.25, 0.3) is 0 Å². The third-order valence-electron chi connectivity index (χ3n) is 3.68. The molecule has 4 nitrogen and oxygen atoms in total. The van der Waals surface area contributed by atoms with Gasteiger partial charge in [-0.2, -0.15) is 0 Å². The van der Waals surface area contributed by atoms with Crippen molar-refractivity contribution in [2.24, 2.45) is 11.7 Å². The Labute approximate surface area is 115 Å². The Morgan fingerprint density at radius 3 is 2.74 bits per heavy atom. The lowest BCUT2D eigenvalue weighted by atomic mass is 9.99. The second-order valence-corrected chi connectivity index (χ2v) is 5.50. The molecule has 1 aromatic rings. The quantitative estimate of drug-likeness (QED) is 0.877. The van der Waals surface area contributed by atoms with Gasteiger partial charge in [-0.05, 0) is 43.9 Å². The molecule has 19 heavy (non-hydrogen) atoms. The van der Waals surface area contributed by atoms with E-state index in [4.69, 9.17) is 5.73 Å². The van der Waals surface area contributed by atoms with Crippen molar-refractivity contribution in [3.05, 3.63) is 24.3 Å². The predicted octanol–water partition coefficient (Wildman–Crippen LogP) is 2.21. The normalized spacial score (nSPS) is 18.2. The zero-order valence-electron chi connectivity index (χ0n) is 11.7. The summed E-state index contributed by atoms with van der Waals surface area (Å²) in [6.07, 6.45) is 2.47. The van der Waals surface area contributed by atoms with Gasteiger partial charge in [-0.3, -0.25) is 4.79 Å². The van der Waals surface area contributed by atoms with E-state index < -0.39 is 6.04 Å². The van der Waals surface area contributed by atoms with Gasteiger partial charge in [0.1, 0.15) is 0 Å². The molecule has 0 aromatic heterocycles. The van der Waals surface area contributed by atoms with Crippen LogP contribution in [0.4, 0.5) is 11.4 Å². The number of carbonyl (C=O) groups excluding carboxylic acids is 1. The molecule has 1 aliphatic heterocycles. The van der Waals surface area contributed by atoms with Crippen LogP contribution in [0, 0.1) is 5.92 Å². The van der Waals surface area contributed by atoms with E-state index in [0.717, 1.165) is 24.7 Å². The molecule has 0 spiro atoms. The van der Waals surface area contributed by atoms with Gasteiger partial charge in [-0.15, -0.1) is 0 Å². The van der Waals surface area contributed by atoms with E-state index in [1.807, 2.05) is 18.2 Å². The first kappa shape index (κ1) is 13.9. The zero-order valence-corrected chi connectivity index (χ0v) is 11.7. The second-order valence-electron chi connectivity index (χ2n) is 5.50. The molecule has 1 aromatic carbocycles. The molecule has 0 bridgehead atoms. The van der Waals surface area contributed by atoms with Gasteiger partial charge in [-0.25, -0.2) is 0 Å². The first-order valence-corrected chi connectivity index (χ1v) is 6.97. The van der Waals surface area contributed by atoms with Crippen LogP contribution in [0.1, 0.15) is 26.7 Å². The number of amides is 1. The minimum absolute atomic E-state index is 0.149. The van der Waals surface area contributed by atoms with Crippen LogP contribution in [0.3, 0.4) is 0 Å². The first-order chi connectivity index (χ1) is 9.06. The van der Waals surface area contributed by atoms with Gasteiger partial charge < -0.3 is 16.0 Å². The predicted molar refractivity (Wildman–Crippen MR) is 79.3 cm³/mol. The summed E-state index contributed by atoms with van der Waals surface area (Å²) in [5.74, 6) is 0.668. The number of hydrogen-bond acceptors (Lipinski definition) is 3. The highest BCUT2D eigenvalue weighted by atomic mass is 16.2. The Bertz CT molecular complexity index is 437. The maximum absolute atomic E-state index is 11.6. The molecule has 0 radical (unpaired) electrons. The number of piperidine rings is 1. The average Bonchev–Trinajstić information content (AvgIpc) is 2.39. The molecule has 0 saturated carbocycles. The number of nitrogens with zero attached hydrogens (tertiary/aromatic N) is 1. The standard InChI is InChI=1S/C15H23N3O/c1-11-6-8-18(9-7-11)14-5-3-4-13(10-14)17-15(19)12(2)16/h3-5,10-12H,6-9,16H2,1-2H3,(H,17,19). The van der Waals surface area contributed by atoms with Crippen LogP contribution in [0.15, 0.2) is 24.3 Å². The molecule has 1 heterocycles. The van der Waals surface area contributed by atoms with Crippen molar-refractivity contribution in [1.29, 1.82) is 0 Å². The summed E-state index contributed by atoms with van der Waals surface area (Å²) in [4.78, 5) is 14.0. The highest BCUT2D eigenvalue weighted by Crippen LogP contribution is 2.25. The molecule has 1 fully saturated rings. The molecule has 1 atom stereocenters. The molecule has 0 aliphatic carbocycles. The van der Waals surface area contributed by atoms with Gasteiger partial charge in [-0.1, -0.05) is 13.0 Å². The maximum atomic E-state index is 11.6. The van der Waals surface area contributed by atoms with Crippen molar-refractivity contribution in [3.8, 4) is 0 Å². The molecule has 104 valence electrons. The highest BCUT2D eigenvalue weighted by Gasteiger charge is 2.16. The van der Waals surface area contributed by atoms with Crippen molar-refractivity contribution >= 4 is 17.3 Å². The van der Waals surface area contributed by atoms with Crippen LogP contribution in [-0.4, -0.2) is 25.0 Å². The number of carbonyl (C=O) groups is 1. The smallest absolute Gasteiger partial charge is 0.240 e. The highest BCUT2D eigenvalue weighted by molar-refractivity contribution is 5.94. The van der Waals surface area contributed by atoms with Crippen molar-refractivity contribution in [2.45, 2.75) is 32.7 Å². The topological polar surface area (TPSA) is 58.4 Å². The van der Waals surface area contributed by atoms with Crippen molar-refractivity contribution < 1.29 is 4.79 Å². The third kappa shape index (κ3) is 3.70. The second kappa shape index (κ2) is 6.06. The maximum Gasteiger partial charge on any atom is 0.240 e. The summed E-state index contributed by atoms with van der Waals surface area (Å²) in [6, 6.07) is 7.51. The summed E-state index contributed by atoms with van der Waals surface area (Å²) >= 11 is 0. The van der Waals surface area contributed by atoms with E-state index >= 15 is 0 Å². The Balaban J connectivity index is 2.04. The molecule has 1 saturated heterocycles. The summed E-state index contributed by atoms with van der Waals surface area (Å²) in [7, 11) is 0. The zero-order chi connectivity index (χ0) is 13.8. The fraction of sp³-hybridized carbons (Fsp3) is 0.533. The Morgan fingerprint density at radius 2 is 2.11 bits per heavy atom. The van der Waals surface area contributed by atoms with Crippen LogP contribution in [0.5, 0.6) is 0 Å². The molecule has 4 heteroatoms. The first-order valence-electron chi connectivity index (χ1n) is 6.97. The number of nitrogens with two attached hydrogens (primary N) is 1. The third-order valence-corrected chi connectivity index (χ3v) is 3.68. The van der Waals surface area contributed by atoms with Crippen molar-refractivity contribution in [1.82, 2.24) is 0 Å². The van der Waals surface area contributed by atoms with Crippen LogP contribution >= 0.6 is 0 Å². The number of benzene rings is 1. The fourth-order valence-corrected chi connectivity index (χ4v) is 2.30. The largest absolute Gasteiger partial charge is 0.371 e. The van der Waals surface area contributed by atoms with Crippen LogP contribution < -0.4 is 16.0 Å². The van der Waals surface area contributed by atoms with E-state index in [1.54, 1.807) is 6.92 Å². The fourth-order valence-electron chi connectivity index (χ4n) is 2.30. The lowest BCUT2D eigenvalue weighted by Gasteiger charge is -2.32. The summed E-state index contributed by atoms with van der Waals surface area (Å²) < 4.78 is 0. The van der Waals surface area contributed by atoms with Crippen LogP contribution in [0.25, 0.3) is 0 Å². The van der Waals surface area contributed by atoms with Gasteiger partial charge >= 0.3 is 0 Å². The number of rotatable bonds is 3. The van der Waals surface area contributed by atoms with E-state index in [9.17, 15) is 4.79 Å². The summed E-state index contributed by atoms with van der Waals surface area (Å²) in [6.45, 7) is 6.17. The average molecular weight is 261 g/mol. The molecular weight excluding hydrogens is 238 g/mol. The van der Waals surface area contributed by atoms with E-state index in [2.05, 4.69) is 23.2 Å². The molecule has 1 unspecified atom stereocenters. The lowest BCUT2D eigenvalue weighted by molar-refractivity contribution is -0.117. The molecule has 2 rings (SSSR count). The number of nitrogens with one attached hydrogen (secondary N) is 1. The van der Waals surface area contributed by atoms with Gasteiger partial charge in [0.2, 0.25) is 5.91 Å². The van der Waals surface area contributed by atoms with E-state index in [0.29, 0.717) is 0 Å². The summed E-state index contributed by atoms with van der Waals surface area (Å²) in [5.41, 5.74) is 7.55. The molecule has 1 amide bonds. The Morgan fingerprint density at radius 1 is 1.42 bits per heavy atom. The minimum atomic E-state index is -0.487. The SMILES string of the molecule is CC1CCN(c2cccc(NC(=O)C(C)N)c2)CC1. The van der Waals surface area contributed by atoms with E-state index in [1.165, 1.54) is 18.5 Å².